The van der Waals surface area contributed by atoms with E-state index in [-0.39, 0.29) is 11.6 Å². The molecule has 0 aromatic heterocycles. The van der Waals surface area contributed by atoms with Crippen molar-refractivity contribution in [2.45, 2.75) is 23.6 Å². The van der Waals surface area contributed by atoms with Gasteiger partial charge in [-0.1, -0.05) is 46.7 Å². The largest absolute Gasteiger partial charge is 0.288 e. The number of thioether (sulfide) groups is 2. The number of halogens is 2. The van der Waals surface area contributed by atoms with Gasteiger partial charge in [-0.3, -0.25) is 9.59 Å². The fourth-order valence-electron chi connectivity index (χ4n) is 2.91. The predicted molar refractivity (Wildman–Crippen MR) is 99.8 cm³/mol. The summed E-state index contributed by atoms with van der Waals surface area (Å²) < 4.78 is 0. The molecule has 0 aliphatic carbocycles. The van der Waals surface area contributed by atoms with Gasteiger partial charge in [-0.2, -0.15) is 0 Å². The van der Waals surface area contributed by atoms with Gasteiger partial charge >= 0.3 is 0 Å². The normalized spacial score (nSPS) is 19.0. The molecule has 0 saturated carbocycles. The highest BCUT2D eigenvalue weighted by Gasteiger charge is 2.37. The van der Waals surface area contributed by atoms with E-state index in [2.05, 4.69) is 0 Å². The maximum absolute atomic E-state index is 12.8. The molecule has 2 aliphatic rings. The number of carbonyl (C=O) groups excluding carboxylic acids is 2. The molecule has 0 amide bonds. The first-order valence-electron chi connectivity index (χ1n) is 7.16. The summed E-state index contributed by atoms with van der Waals surface area (Å²) in [5.41, 5.74) is 3.04. The van der Waals surface area contributed by atoms with Gasteiger partial charge in [0.05, 0.1) is 9.81 Å². The maximum atomic E-state index is 12.8. The van der Waals surface area contributed by atoms with Crippen LogP contribution in [0.2, 0.25) is 10.0 Å². The molecular formula is C18H10Cl2O2S2. The van der Waals surface area contributed by atoms with Crippen LogP contribution in [0.3, 0.4) is 0 Å². The van der Waals surface area contributed by atoms with Gasteiger partial charge in [-0.05, 0) is 49.2 Å². The molecule has 0 fully saturated rings. The minimum Gasteiger partial charge on any atom is -0.288 e. The Balaban J connectivity index is 1.86. The van der Waals surface area contributed by atoms with E-state index in [1.807, 2.05) is 26.0 Å². The van der Waals surface area contributed by atoms with Crippen molar-refractivity contribution < 1.29 is 9.59 Å². The molecule has 2 aliphatic heterocycles. The van der Waals surface area contributed by atoms with Crippen molar-refractivity contribution in [2.24, 2.45) is 0 Å². The average molecular weight is 393 g/mol. The van der Waals surface area contributed by atoms with Crippen LogP contribution < -0.4 is 0 Å². The van der Waals surface area contributed by atoms with E-state index < -0.39 is 0 Å². The topological polar surface area (TPSA) is 34.1 Å². The van der Waals surface area contributed by atoms with Crippen LogP contribution in [0.15, 0.2) is 43.9 Å². The van der Waals surface area contributed by atoms with E-state index >= 15 is 0 Å². The van der Waals surface area contributed by atoms with Gasteiger partial charge in [0.25, 0.3) is 0 Å². The second-order valence-corrected chi connectivity index (χ2v) is 8.63. The number of allylic oxidation sites excluding steroid dienone is 2. The van der Waals surface area contributed by atoms with Crippen molar-refractivity contribution in [1.82, 2.24) is 0 Å². The predicted octanol–water partition coefficient (Wildman–Crippen LogP) is 6.10. The molecular weight excluding hydrogens is 383 g/mol. The zero-order valence-electron chi connectivity index (χ0n) is 12.7. The summed E-state index contributed by atoms with van der Waals surface area (Å²) in [5, 5.41) is 1.06. The van der Waals surface area contributed by atoms with E-state index in [4.69, 9.17) is 23.2 Å². The molecule has 120 valence electrons. The molecule has 0 unspecified atom stereocenters. The van der Waals surface area contributed by atoms with Gasteiger partial charge in [0.15, 0.2) is 0 Å². The lowest BCUT2D eigenvalue weighted by Gasteiger charge is -2.01. The van der Waals surface area contributed by atoms with Crippen molar-refractivity contribution in [3.8, 4) is 0 Å². The van der Waals surface area contributed by atoms with E-state index in [0.717, 1.165) is 20.9 Å². The number of hydrogen-bond acceptors (Lipinski definition) is 4. The quantitative estimate of drug-likeness (QED) is 0.507. The molecule has 2 aromatic carbocycles. The molecule has 0 radical (unpaired) electrons. The third kappa shape index (κ3) is 2.36. The number of benzene rings is 2. The van der Waals surface area contributed by atoms with Crippen LogP contribution in [-0.4, -0.2) is 11.6 Å². The lowest BCUT2D eigenvalue weighted by atomic mass is 10.0. The number of Topliss-reactive ketones (excluding diaryl/α,β-unsaturated/α-hetero) is 2. The van der Waals surface area contributed by atoms with Gasteiger partial charge in [0.1, 0.15) is 0 Å². The SMILES string of the molecule is Cc1cc(Cl)cc2c1SC(=C1Sc3c(C)cc(Cl)cc3C1=O)C2=O. The van der Waals surface area contributed by atoms with Gasteiger partial charge in [0.2, 0.25) is 11.6 Å². The monoisotopic (exact) mass is 392 g/mol. The molecule has 0 N–H and O–H groups in total. The summed E-state index contributed by atoms with van der Waals surface area (Å²) in [6.45, 7) is 3.84. The first kappa shape index (κ1) is 16.3. The Morgan fingerprint density at radius 3 is 1.46 bits per heavy atom. The first-order chi connectivity index (χ1) is 11.4. The number of rotatable bonds is 0. The van der Waals surface area contributed by atoms with Crippen LogP contribution in [0.4, 0.5) is 0 Å². The highest BCUT2D eigenvalue weighted by Crippen LogP contribution is 2.51. The van der Waals surface area contributed by atoms with E-state index in [9.17, 15) is 9.59 Å². The minimum absolute atomic E-state index is 0.131. The van der Waals surface area contributed by atoms with Crippen LogP contribution in [0.5, 0.6) is 0 Å². The number of carbonyl (C=O) groups is 2. The van der Waals surface area contributed by atoms with Crippen molar-refractivity contribution in [3.63, 3.8) is 0 Å². The zero-order valence-corrected chi connectivity index (χ0v) is 15.8. The Hall–Kier alpha value is -1.20. The van der Waals surface area contributed by atoms with Crippen LogP contribution >= 0.6 is 46.7 Å². The second kappa shape index (κ2) is 5.67. The van der Waals surface area contributed by atoms with Gasteiger partial charge < -0.3 is 0 Å². The summed E-state index contributed by atoms with van der Waals surface area (Å²) in [6.07, 6.45) is 0. The Morgan fingerprint density at radius 1 is 0.708 bits per heavy atom. The fourth-order valence-corrected chi connectivity index (χ4v) is 5.85. The van der Waals surface area contributed by atoms with E-state index in [0.29, 0.717) is 31.0 Å². The Morgan fingerprint density at radius 2 is 1.08 bits per heavy atom. The minimum atomic E-state index is -0.131. The van der Waals surface area contributed by atoms with Gasteiger partial charge in [-0.15, -0.1) is 0 Å². The molecule has 2 aromatic rings. The zero-order chi connectivity index (χ0) is 17.2. The number of aryl methyl sites for hydroxylation is 2. The summed E-state index contributed by atoms with van der Waals surface area (Å²) >= 11 is 14.9. The molecule has 0 atom stereocenters. The summed E-state index contributed by atoms with van der Waals surface area (Å²) in [5.74, 6) is -0.263. The lowest BCUT2D eigenvalue weighted by Crippen LogP contribution is -2.02. The standard InChI is InChI=1S/C18H10Cl2O2S2/c1-7-3-9(19)5-11-13(21)17(23-15(7)11)18-14(22)12-6-10(20)4-8(2)16(12)24-18/h3-6H,1-2H3. The van der Waals surface area contributed by atoms with Crippen LogP contribution in [0.1, 0.15) is 31.8 Å². The molecule has 2 heterocycles. The van der Waals surface area contributed by atoms with Gasteiger partial charge in [0, 0.05) is 31.0 Å². The lowest BCUT2D eigenvalue weighted by molar-refractivity contribution is 0.101. The number of ketones is 2. The molecule has 4 rings (SSSR count). The highest BCUT2D eigenvalue weighted by atomic mass is 35.5. The molecule has 2 nitrogen and oxygen atoms in total. The molecule has 24 heavy (non-hydrogen) atoms. The summed E-state index contributed by atoms with van der Waals surface area (Å²) in [4.78, 5) is 28.3. The molecule has 0 spiro atoms. The van der Waals surface area contributed by atoms with Crippen LogP contribution in [0.25, 0.3) is 0 Å². The third-order valence-corrected chi connectivity index (χ3v) is 7.24. The van der Waals surface area contributed by atoms with E-state index in [1.165, 1.54) is 23.5 Å². The van der Waals surface area contributed by atoms with Crippen molar-refractivity contribution in [3.05, 3.63) is 66.4 Å². The summed E-state index contributed by atoms with van der Waals surface area (Å²) in [6, 6.07) is 7.01. The Kier molecular flexibility index (Phi) is 3.84. The Labute approximate surface area is 157 Å². The summed E-state index contributed by atoms with van der Waals surface area (Å²) in [7, 11) is 0. The number of fused-ring (bicyclic) bond motifs is 2. The average Bonchev–Trinajstić information content (AvgIpc) is 2.99. The molecule has 0 saturated heterocycles. The smallest absolute Gasteiger partial charge is 0.202 e. The number of hydrogen-bond donors (Lipinski definition) is 0. The van der Waals surface area contributed by atoms with Crippen molar-refractivity contribution in [1.29, 1.82) is 0 Å². The molecule has 6 heteroatoms. The third-order valence-electron chi connectivity index (χ3n) is 3.99. The van der Waals surface area contributed by atoms with Crippen molar-refractivity contribution >= 4 is 58.3 Å². The van der Waals surface area contributed by atoms with Crippen LogP contribution in [0, 0.1) is 13.8 Å². The van der Waals surface area contributed by atoms with Gasteiger partial charge in [-0.25, -0.2) is 0 Å². The van der Waals surface area contributed by atoms with Crippen LogP contribution in [-0.2, 0) is 0 Å². The highest BCUT2D eigenvalue weighted by molar-refractivity contribution is 8.08. The fraction of sp³-hybridized carbons (Fsp3) is 0.111. The maximum Gasteiger partial charge on any atom is 0.202 e. The Bertz CT molecular complexity index is 913. The van der Waals surface area contributed by atoms with E-state index in [1.54, 1.807) is 12.1 Å². The van der Waals surface area contributed by atoms with Crippen molar-refractivity contribution in [2.75, 3.05) is 0 Å². The first-order valence-corrected chi connectivity index (χ1v) is 9.55. The second-order valence-electron chi connectivity index (χ2n) is 5.72. The molecule has 0 bridgehead atoms.